The Morgan fingerprint density at radius 1 is 1.70 bits per heavy atom. The molecule has 0 saturated carbocycles. The highest BCUT2D eigenvalue weighted by atomic mass is 35.5. The van der Waals surface area contributed by atoms with Gasteiger partial charge in [0, 0.05) is 12.7 Å². The number of hydrogen-bond acceptors (Lipinski definition) is 2. The molecule has 2 N–H and O–H groups in total. The van der Waals surface area contributed by atoms with E-state index in [9.17, 15) is 4.79 Å². The highest BCUT2D eigenvalue weighted by Crippen LogP contribution is 1.97. The van der Waals surface area contributed by atoms with Gasteiger partial charge in [-0.3, -0.25) is 0 Å². The van der Waals surface area contributed by atoms with Gasteiger partial charge in [-0.15, -0.1) is 12.4 Å². The van der Waals surface area contributed by atoms with Crippen molar-refractivity contribution in [1.29, 1.82) is 0 Å². The predicted octanol–water partition coefficient (Wildman–Crippen LogP) is 0.536. The Morgan fingerprint density at radius 2 is 2.40 bits per heavy atom. The summed E-state index contributed by atoms with van der Waals surface area (Å²) in [6, 6.07) is 0. The molecule has 4 heteroatoms. The van der Waals surface area contributed by atoms with Gasteiger partial charge in [0.25, 0.3) is 0 Å². The van der Waals surface area contributed by atoms with Crippen LogP contribution in [0.4, 0.5) is 0 Å². The zero-order valence-electron chi connectivity index (χ0n) is 5.20. The Kier molecular flexibility index (Phi) is 3.57. The van der Waals surface area contributed by atoms with E-state index < -0.39 is 5.97 Å². The molecular formula is C6H8ClNO2. The molecule has 1 heterocycles. The van der Waals surface area contributed by atoms with Crippen LogP contribution in [0.3, 0.4) is 0 Å². The maximum absolute atomic E-state index is 10.2. The fraction of sp³-hybridized carbons (Fsp3) is 0.167. The van der Waals surface area contributed by atoms with Crippen LogP contribution in [-0.2, 0) is 4.79 Å². The van der Waals surface area contributed by atoms with Crippen molar-refractivity contribution in [2.24, 2.45) is 0 Å². The van der Waals surface area contributed by atoms with E-state index in [1.54, 1.807) is 12.2 Å². The Labute approximate surface area is 64.8 Å². The van der Waals surface area contributed by atoms with Gasteiger partial charge < -0.3 is 10.4 Å². The number of carboxylic acids is 1. The van der Waals surface area contributed by atoms with Crippen LogP contribution in [0.15, 0.2) is 23.9 Å². The zero-order valence-corrected chi connectivity index (χ0v) is 6.02. The molecule has 0 aromatic rings. The fourth-order valence-electron chi connectivity index (χ4n) is 0.604. The van der Waals surface area contributed by atoms with Crippen LogP contribution in [-0.4, -0.2) is 17.6 Å². The molecule has 0 atom stereocenters. The van der Waals surface area contributed by atoms with Crippen LogP contribution >= 0.6 is 12.4 Å². The van der Waals surface area contributed by atoms with Crippen molar-refractivity contribution < 1.29 is 9.90 Å². The molecular weight excluding hydrogens is 154 g/mol. The Hall–Kier alpha value is -0.960. The minimum absolute atomic E-state index is 0. The standard InChI is InChI=1S/C6H7NO2.ClH/c8-6(9)5-2-1-3-7-4-5;/h1-2,4,7H,3H2,(H,8,9);1H. The van der Waals surface area contributed by atoms with E-state index in [1.807, 2.05) is 0 Å². The number of carboxylic acid groups (broad SMARTS) is 1. The molecule has 1 aliphatic rings. The first-order valence-corrected chi connectivity index (χ1v) is 2.64. The molecule has 0 bridgehead atoms. The first kappa shape index (κ1) is 9.04. The normalized spacial score (nSPS) is 14.6. The summed E-state index contributed by atoms with van der Waals surface area (Å²) in [5.41, 5.74) is 0.307. The fourth-order valence-corrected chi connectivity index (χ4v) is 0.604. The summed E-state index contributed by atoms with van der Waals surface area (Å²) < 4.78 is 0. The molecule has 0 aliphatic carbocycles. The third-order valence-corrected chi connectivity index (χ3v) is 1.04. The second-order valence-corrected chi connectivity index (χ2v) is 1.72. The van der Waals surface area contributed by atoms with Gasteiger partial charge in [0.2, 0.25) is 0 Å². The maximum atomic E-state index is 10.2. The molecule has 1 rings (SSSR count). The lowest BCUT2D eigenvalue weighted by molar-refractivity contribution is -0.132. The SMILES string of the molecule is Cl.O=C(O)C1=CNCC=C1. The average Bonchev–Trinajstić information content (AvgIpc) is 1.90. The van der Waals surface area contributed by atoms with Crippen molar-refractivity contribution in [3.63, 3.8) is 0 Å². The number of carbonyl (C=O) groups is 1. The topological polar surface area (TPSA) is 49.3 Å². The molecule has 0 saturated heterocycles. The predicted molar refractivity (Wildman–Crippen MR) is 40.1 cm³/mol. The molecule has 0 radical (unpaired) electrons. The van der Waals surface area contributed by atoms with Crippen molar-refractivity contribution in [2.45, 2.75) is 0 Å². The van der Waals surface area contributed by atoms with Crippen LogP contribution in [0.2, 0.25) is 0 Å². The first-order chi connectivity index (χ1) is 4.30. The van der Waals surface area contributed by atoms with Crippen LogP contribution < -0.4 is 5.32 Å². The summed E-state index contributed by atoms with van der Waals surface area (Å²) in [5, 5.41) is 11.2. The maximum Gasteiger partial charge on any atom is 0.337 e. The van der Waals surface area contributed by atoms with E-state index in [4.69, 9.17) is 5.11 Å². The lowest BCUT2D eigenvalue weighted by Crippen LogP contribution is -2.12. The summed E-state index contributed by atoms with van der Waals surface area (Å²) in [7, 11) is 0. The van der Waals surface area contributed by atoms with Gasteiger partial charge in [-0.1, -0.05) is 6.08 Å². The van der Waals surface area contributed by atoms with Crippen molar-refractivity contribution in [3.8, 4) is 0 Å². The van der Waals surface area contributed by atoms with E-state index in [-0.39, 0.29) is 12.4 Å². The van der Waals surface area contributed by atoms with Gasteiger partial charge in [-0.25, -0.2) is 4.79 Å². The molecule has 0 unspecified atom stereocenters. The molecule has 3 nitrogen and oxygen atoms in total. The number of halogens is 1. The van der Waals surface area contributed by atoms with Gasteiger partial charge >= 0.3 is 5.97 Å². The van der Waals surface area contributed by atoms with Crippen molar-refractivity contribution >= 4 is 18.4 Å². The van der Waals surface area contributed by atoms with E-state index in [0.717, 1.165) is 6.54 Å². The first-order valence-electron chi connectivity index (χ1n) is 2.64. The van der Waals surface area contributed by atoms with E-state index >= 15 is 0 Å². The van der Waals surface area contributed by atoms with Crippen molar-refractivity contribution in [3.05, 3.63) is 23.9 Å². The number of nitrogens with one attached hydrogen (secondary N) is 1. The van der Waals surface area contributed by atoms with Gasteiger partial charge in [-0.05, 0) is 6.08 Å². The molecule has 0 aromatic carbocycles. The Balaban J connectivity index is 0.000000810. The third-order valence-electron chi connectivity index (χ3n) is 1.04. The molecule has 0 aromatic heterocycles. The van der Waals surface area contributed by atoms with Gasteiger partial charge in [0.1, 0.15) is 0 Å². The monoisotopic (exact) mass is 161 g/mol. The van der Waals surface area contributed by atoms with E-state index in [2.05, 4.69) is 5.32 Å². The third kappa shape index (κ3) is 2.11. The molecule has 56 valence electrons. The van der Waals surface area contributed by atoms with E-state index in [0.29, 0.717) is 5.57 Å². The number of rotatable bonds is 1. The highest BCUT2D eigenvalue weighted by molar-refractivity contribution is 5.89. The van der Waals surface area contributed by atoms with E-state index in [1.165, 1.54) is 6.20 Å². The molecule has 1 aliphatic heterocycles. The van der Waals surface area contributed by atoms with Gasteiger partial charge in [0.15, 0.2) is 0 Å². The Bertz CT molecular complexity index is 186. The smallest absolute Gasteiger partial charge is 0.337 e. The summed E-state index contributed by atoms with van der Waals surface area (Å²) in [5.74, 6) is -0.890. The van der Waals surface area contributed by atoms with Crippen LogP contribution in [0, 0.1) is 0 Å². The molecule has 0 spiro atoms. The number of hydrogen-bond donors (Lipinski definition) is 2. The van der Waals surface area contributed by atoms with Crippen molar-refractivity contribution in [1.82, 2.24) is 5.32 Å². The molecule has 10 heavy (non-hydrogen) atoms. The average molecular weight is 162 g/mol. The van der Waals surface area contributed by atoms with Crippen LogP contribution in [0.5, 0.6) is 0 Å². The zero-order chi connectivity index (χ0) is 6.69. The highest BCUT2D eigenvalue weighted by Gasteiger charge is 2.03. The molecule has 0 fully saturated rings. The second kappa shape index (κ2) is 3.95. The lowest BCUT2D eigenvalue weighted by Gasteiger charge is -2.02. The second-order valence-electron chi connectivity index (χ2n) is 1.72. The summed E-state index contributed by atoms with van der Waals surface area (Å²) in [4.78, 5) is 10.2. The summed E-state index contributed by atoms with van der Waals surface area (Å²) in [6.45, 7) is 0.719. The van der Waals surface area contributed by atoms with Gasteiger partial charge in [0.05, 0.1) is 5.57 Å². The Morgan fingerprint density at radius 3 is 2.70 bits per heavy atom. The number of dihydropyridines is 1. The summed E-state index contributed by atoms with van der Waals surface area (Å²) >= 11 is 0. The number of aliphatic carboxylic acids is 1. The van der Waals surface area contributed by atoms with Crippen LogP contribution in [0.25, 0.3) is 0 Å². The molecule has 0 amide bonds. The van der Waals surface area contributed by atoms with Crippen LogP contribution in [0.1, 0.15) is 0 Å². The summed E-state index contributed by atoms with van der Waals surface area (Å²) in [6.07, 6.45) is 4.84. The minimum Gasteiger partial charge on any atom is -0.478 e. The van der Waals surface area contributed by atoms with Crippen molar-refractivity contribution in [2.75, 3.05) is 6.54 Å². The quantitative estimate of drug-likeness (QED) is 0.590. The minimum atomic E-state index is -0.890. The largest absolute Gasteiger partial charge is 0.478 e. The lowest BCUT2D eigenvalue weighted by atomic mass is 10.2. The van der Waals surface area contributed by atoms with Gasteiger partial charge in [-0.2, -0.15) is 0 Å².